The van der Waals surface area contributed by atoms with E-state index in [1.807, 2.05) is 72.2 Å². The molecule has 1 atom stereocenters. The normalized spacial score (nSPS) is 12.1. The van der Waals surface area contributed by atoms with Gasteiger partial charge in [0.25, 0.3) is 0 Å². The summed E-state index contributed by atoms with van der Waals surface area (Å²) in [6.07, 6.45) is 1.88. The van der Waals surface area contributed by atoms with Crippen molar-refractivity contribution in [3.63, 3.8) is 0 Å². The fourth-order valence-corrected chi connectivity index (χ4v) is 2.73. The highest BCUT2D eigenvalue weighted by Crippen LogP contribution is 2.10. The summed E-state index contributed by atoms with van der Waals surface area (Å²) in [5.74, 6) is 0.513. The molecule has 0 spiro atoms. The van der Waals surface area contributed by atoms with Gasteiger partial charge >= 0.3 is 0 Å². The van der Waals surface area contributed by atoms with Crippen molar-refractivity contribution in [2.45, 2.75) is 26.1 Å². The van der Waals surface area contributed by atoms with Crippen molar-refractivity contribution in [3.05, 3.63) is 84.1 Å². The Morgan fingerprint density at radius 1 is 1.04 bits per heavy atom. The Morgan fingerprint density at radius 2 is 1.65 bits per heavy atom. The van der Waals surface area contributed by atoms with Crippen LogP contribution in [0, 0.1) is 0 Å². The maximum absolute atomic E-state index is 12.5. The number of carbonyl (C=O) groups excluding carboxylic acids is 1. The van der Waals surface area contributed by atoms with Gasteiger partial charge in [0.15, 0.2) is 5.82 Å². The predicted molar refractivity (Wildman–Crippen MR) is 104 cm³/mol. The van der Waals surface area contributed by atoms with Crippen molar-refractivity contribution in [2.75, 3.05) is 12.4 Å². The molecule has 0 unspecified atom stereocenters. The fraction of sp³-hybridized carbons (Fsp3) is 0.238. The largest absolute Gasteiger partial charge is 0.308 e. The third kappa shape index (κ3) is 4.80. The summed E-state index contributed by atoms with van der Waals surface area (Å²) in [7, 11) is 1.95. The first-order valence-corrected chi connectivity index (χ1v) is 8.74. The lowest BCUT2D eigenvalue weighted by atomic mass is 10.2. The van der Waals surface area contributed by atoms with Gasteiger partial charge < -0.3 is 5.32 Å². The number of nitrogens with one attached hydrogen (secondary N) is 1. The van der Waals surface area contributed by atoms with E-state index in [1.54, 1.807) is 0 Å². The highest BCUT2D eigenvalue weighted by molar-refractivity contribution is 5.93. The molecule has 0 aliphatic carbocycles. The Morgan fingerprint density at radius 3 is 2.31 bits per heavy atom. The van der Waals surface area contributed by atoms with Gasteiger partial charge in [0.2, 0.25) is 5.91 Å². The number of hydrogen-bond donors (Lipinski definition) is 1. The Bertz CT molecular complexity index is 829. The van der Waals surface area contributed by atoms with Gasteiger partial charge in [-0.05, 0) is 25.1 Å². The molecule has 3 aromatic rings. The van der Waals surface area contributed by atoms with Crippen LogP contribution in [-0.4, -0.2) is 33.7 Å². The summed E-state index contributed by atoms with van der Waals surface area (Å²) < 4.78 is 1.82. The number of nitrogens with zero attached hydrogens (tertiary/aromatic N) is 3. The minimum Gasteiger partial charge on any atom is -0.308 e. The van der Waals surface area contributed by atoms with E-state index in [4.69, 9.17) is 0 Å². The van der Waals surface area contributed by atoms with Crippen molar-refractivity contribution in [1.82, 2.24) is 14.7 Å². The molecule has 1 heterocycles. The molecule has 0 fully saturated rings. The van der Waals surface area contributed by atoms with E-state index in [0.717, 1.165) is 6.54 Å². The second kappa shape index (κ2) is 8.45. The molecule has 5 heteroatoms. The molecule has 1 aromatic heterocycles. The van der Waals surface area contributed by atoms with E-state index in [-0.39, 0.29) is 11.9 Å². The monoisotopic (exact) mass is 348 g/mol. The molecule has 0 saturated carbocycles. The van der Waals surface area contributed by atoms with Gasteiger partial charge in [-0.15, -0.1) is 0 Å². The highest BCUT2D eigenvalue weighted by Gasteiger charge is 2.19. The third-order valence-corrected chi connectivity index (χ3v) is 4.39. The lowest BCUT2D eigenvalue weighted by molar-refractivity contribution is -0.120. The van der Waals surface area contributed by atoms with Crippen LogP contribution >= 0.6 is 0 Å². The Balaban J connectivity index is 1.55. The molecule has 2 aromatic carbocycles. The average molecular weight is 348 g/mol. The number of rotatable bonds is 7. The number of hydrogen-bond acceptors (Lipinski definition) is 3. The van der Waals surface area contributed by atoms with Crippen LogP contribution in [0.1, 0.15) is 18.1 Å². The van der Waals surface area contributed by atoms with Gasteiger partial charge in [0.05, 0.1) is 12.6 Å². The second-order valence-corrected chi connectivity index (χ2v) is 6.45. The topological polar surface area (TPSA) is 50.2 Å². The molecule has 0 aliphatic rings. The maximum atomic E-state index is 12.5. The molecule has 3 rings (SSSR count). The summed E-state index contributed by atoms with van der Waals surface area (Å²) in [5.41, 5.74) is 2.35. The minimum absolute atomic E-state index is 0.0617. The van der Waals surface area contributed by atoms with Crippen LogP contribution in [0.15, 0.2) is 72.9 Å². The zero-order valence-corrected chi connectivity index (χ0v) is 15.2. The number of benzene rings is 2. The van der Waals surface area contributed by atoms with Crippen molar-refractivity contribution in [1.29, 1.82) is 0 Å². The van der Waals surface area contributed by atoms with E-state index in [2.05, 4.69) is 34.7 Å². The standard InChI is InChI=1S/C21H24N4O/c1-17(24(2)15-18-9-5-3-6-10-18)21(26)22-20-13-14-25(23-20)16-19-11-7-4-8-12-19/h3-14,17H,15-16H2,1-2H3,(H,22,23,26)/t17-/m0/s1. The van der Waals surface area contributed by atoms with E-state index < -0.39 is 0 Å². The summed E-state index contributed by atoms with van der Waals surface area (Å²) in [6, 6.07) is 21.8. The first-order valence-electron chi connectivity index (χ1n) is 8.74. The molecule has 0 bridgehead atoms. The molecule has 5 nitrogen and oxygen atoms in total. The van der Waals surface area contributed by atoms with Gasteiger partial charge in [-0.2, -0.15) is 5.10 Å². The summed E-state index contributed by atoms with van der Waals surface area (Å²) >= 11 is 0. The van der Waals surface area contributed by atoms with Crippen LogP contribution in [-0.2, 0) is 17.9 Å². The predicted octanol–water partition coefficient (Wildman–Crippen LogP) is 3.39. The Labute approximate surface area is 154 Å². The Kier molecular flexibility index (Phi) is 5.81. The van der Waals surface area contributed by atoms with Gasteiger partial charge in [-0.3, -0.25) is 14.4 Å². The number of likely N-dealkylation sites (N-methyl/N-ethyl adjacent to an activating group) is 1. The zero-order valence-electron chi connectivity index (χ0n) is 15.2. The second-order valence-electron chi connectivity index (χ2n) is 6.45. The lowest BCUT2D eigenvalue weighted by Crippen LogP contribution is -2.39. The van der Waals surface area contributed by atoms with Gasteiger partial charge in [0, 0.05) is 18.8 Å². The van der Waals surface area contributed by atoms with Crippen molar-refractivity contribution >= 4 is 11.7 Å². The molecular formula is C21H24N4O. The first kappa shape index (κ1) is 17.9. The van der Waals surface area contributed by atoms with Crippen LogP contribution in [0.25, 0.3) is 0 Å². The molecule has 134 valence electrons. The third-order valence-electron chi connectivity index (χ3n) is 4.39. The number of aromatic nitrogens is 2. The number of anilines is 1. The molecule has 1 amide bonds. The summed E-state index contributed by atoms with van der Waals surface area (Å²) in [5, 5.41) is 7.34. The molecular weight excluding hydrogens is 324 g/mol. The van der Waals surface area contributed by atoms with Crippen LogP contribution in [0.4, 0.5) is 5.82 Å². The van der Waals surface area contributed by atoms with Gasteiger partial charge in [0.1, 0.15) is 0 Å². The number of carbonyl (C=O) groups is 1. The average Bonchev–Trinajstić information content (AvgIpc) is 3.09. The van der Waals surface area contributed by atoms with Gasteiger partial charge in [-0.1, -0.05) is 60.7 Å². The minimum atomic E-state index is -0.255. The van der Waals surface area contributed by atoms with Crippen molar-refractivity contribution in [2.24, 2.45) is 0 Å². The highest BCUT2D eigenvalue weighted by atomic mass is 16.2. The molecule has 0 aliphatic heterocycles. The maximum Gasteiger partial charge on any atom is 0.242 e. The Hall–Kier alpha value is -2.92. The van der Waals surface area contributed by atoms with Crippen LogP contribution in [0.3, 0.4) is 0 Å². The van der Waals surface area contributed by atoms with Gasteiger partial charge in [-0.25, -0.2) is 0 Å². The van der Waals surface area contributed by atoms with E-state index >= 15 is 0 Å². The quantitative estimate of drug-likeness (QED) is 0.712. The first-order chi connectivity index (χ1) is 12.6. The summed E-state index contributed by atoms with van der Waals surface area (Å²) in [6.45, 7) is 3.30. The van der Waals surface area contributed by atoms with Crippen LogP contribution < -0.4 is 5.32 Å². The molecule has 0 saturated heterocycles. The van der Waals surface area contributed by atoms with Crippen molar-refractivity contribution in [3.8, 4) is 0 Å². The molecule has 1 N–H and O–H groups in total. The smallest absolute Gasteiger partial charge is 0.242 e. The van der Waals surface area contributed by atoms with E-state index in [0.29, 0.717) is 12.4 Å². The van der Waals surface area contributed by atoms with E-state index in [9.17, 15) is 4.79 Å². The summed E-state index contributed by atoms with van der Waals surface area (Å²) in [4.78, 5) is 14.5. The zero-order chi connectivity index (χ0) is 18.4. The fourth-order valence-electron chi connectivity index (χ4n) is 2.73. The number of amides is 1. The van der Waals surface area contributed by atoms with E-state index in [1.165, 1.54) is 11.1 Å². The lowest BCUT2D eigenvalue weighted by Gasteiger charge is -2.23. The molecule has 0 radical (unpaired) electrons. The van der Waals surface area contributed by atoms with Crippen LogP contribution in [0.5, 0.6) is 0 Å². The SMILES string of the molecule is C[C@@H](C(=O)Nc1ccn(Cc2ccccc2)n1)N(C)Cc1ccccc1. The van der Waals surface area contributed by atoms with Crippen molar-refractivity contribution < 1.29 is 4.79 Å². The van der Waals surface area contributed by atoms with Crippen LogP contribution in [0.2, 0.25) is 0 Å². The molecule has 26 heavy (non-hydrogen) atoms.